The minimum atomic E-state index is -0.447. The predicted molar refractivity (Wildman–Crippen MR) is 118 cm³/mol. The van der Waals surface area contributed by atoms with Crippen LogP contribution in [-0.4, -0.2) is 16.0 Å². The fourth-order valence-electron chi connectivity index (χ4n) is 2.77. The Labute approximate surface area is 181 Å². The Hall–Kier alpha value is -3.42. The van der Waals surface area contributed by atoms with Gasteiger partial charge in [-0.2, -0.15) is 0 Å². The molecule has 9 heteroatoms. The van der Waals surface area contributed by atoms with Crippen molar-refractivity contribution in [1.29, 1.82) is 0 Å². The maximum absolute atomic E-state index is 13.1. The van der Waals surface area contributed by atoms with Gasteiger partial charge in [0.2, 0.25) is 0 Å². The fourth-order valence-corrected chi connectivity index (χ4v) is 3.07. The maximum Gasteiger partial charge on any atom is 0.323 e. The summed E-state index contributed by atoms with van der Waals surface area (Å²) in [5, 5.41) is 10.0. The van der Waals surface area contributed by atoms with E-state index in [1.54, 1.807) is 48.5 Å². The summed E-state index contributed by atoms with van der Waals surface area (Å²) in [6.45, 7) is 0. The number of halogens is 3. The highest BCUT2D eigenvalue weighted by Gasteiger charge is 2.09. The molecule has 30 heavy (non-hydrogen) atoms. The van der Waals surface area contributed by atoms with Gasteiger partial charge in [-0.3, -0.25) is 0 Å². The van der Waals surface area contributed by atoms with E-state index in [0.29, 0.717) is 43.8 Å². The number of amides is 2. The molecule has 0 radical (unpaired) electrons. The Balaban J connectivity index is 1.55. The van der Waals surface area contributed by atoms with Crippen molar-refractivity contribution in [3.05, 3.63) is 82.9 Å². The van der Waals surface area contributed by atoms with E-state index in [1.165, 1.54) is 18.5 Å². The largest absolute Gasteiger partial charge is 0.340 e. The van der Waals surface area contributed by atoms with Gasteiger partial charge in [-0.05, 0) is 60.7 Å². The second kappa shape index (κ2) is 8.52. The molecule has 6 nitrogen and oxygen atoms in total. The molecule has 3 aromatic carbocycles. The van der Waals surface area contributed by atoms with Crippen molar-refractivity contribution in [3.63, 3.8) is 0 Å². The van der Waals surface area contributed by atoms with Gasteiger partial charge < -0.3 is 16.0 Å². The van der Waals surface area contributed by atoms with Crippen LogP contribution in [0.1, 0.15) is 0 Å². The first kappa shape index (κ1) is 19.9. The zero-order valence-corrected chi connectivity index (χ0v) is 16.8. The zero-order valence-electron chi connectivity index (χ0n) is 15.3. The van der Waals surface area contributed by atoms with Gasteiger partial charge in [0.05, 0.1) is 15.6 Å². The summed E-state index contributed by atoms with van der Waals surface area (Å²) in [6, 6.07) is 15.5. The minimum Gasteiger partial charge on any atom is -0.340 e. The highest BCUT2D eigenvalue weighted by Crippen LogP contribution is 2.27. The third kappa shape index (κ3) is 4.59. The van der Waals surface area contributed by atoms with Crippen LogP contribution in [0.4, 0.5) is 32.1 Å². The van der Waals surface area contributed by atoms with Crippen LogP contribution in [0.5, 0.6) is 0 Å². The van der Waals surface area contributed by atoms with E-state index < -0.39 is 6.03 Å². The first-order valence-electron chi connectivity index (χ1n) is 8.78. The molecule has 0 aliphatic carbocycles. The summed E-state index contributed by atoms with van der Waals surface area (Å²) in [7, 11) is 0. The average molecular weight is 442 g/mol. The number of hydrogen-bond acceptors (Lipinski definition) is 4. The molecule has 0 fully saturated rings. The molecule has 1 heterocycles. The number of hydrogen-bond donors (Lipinski definition) is 3. The van der Waals surface area contributed by atoms with Crippen LogP contribution < -0.4 is 16.0 Å². The molecular weight excluding hydrogens is 428 g/mol. The van der Waals surface area contributed by atoms with Gasteiger partial charge in [0, 0.05) is 22.4 Å². The second-order valence-electron chi connectivity index (χ2n) is 6.29. The SMILES string of the molecule is O=C(Nc1ccc(Cl)c(Cl)c1)Nc1ccc2ncnc(Nc3ccc(F)cc3)c2c1. The molecule has 4 rings (SSSR count). The van der Waals surface area contributed by atoms with Crippen molar-refractivity contribution in [2.45, 2.75) is 0 Å². The molecule has 0 saturated carbocycles. The van der Waals surface area contributed by atoms with Gasteiger partial charge in [0.1, 0.15) is 18.0 Å². The molecule has 0 saturated heterocycles. The molecule has 2 amide bonds. The number of carbonyl (C=O) groups excluding carboxylic acids is 1. The second-order valence-corrected chi connectivity index (χ2v) is 7.11. The highest BCUT2D eigenvalue weighted by molar-refractivity contribution is 6.42. The van der Waals surface area contributed by atoms with Crippen LogP contribution in [0.3, 0.4) is 0 Å². The summed E-state index contributed by atoms with van der Waals surface area (Å²) in [5.41, 5.74) is 2.40. The molecule has 1 aromatic heterocycles. The molecule has 3 N–H and O–H groups in total. The van der Waals surface area contributed by atoms with Gasteiger partial charge in [-0.25, -0.2) is 19.2 Å². The number of anilines is 4. The van der Waals surface area contributed by atoms with Crippen LogP contribution in [0.15, 0.2) is 67.0 Å². The van der Waals surface area contributed by atoms with E-state index in [2.05, 4.69) is 25.9 Å². The van der Waals surface area contributed by atoms with Gasteiger partial charge in [0.15, 0.2) is 0 Å². The minimum absolute atomic E-state index is 0.326. The van der Waals surface area contributed by atoms with Crippen LogP contribution in [-0.2, 0) is 0 Å². The number of aromatic nitrogens is 2. The van der Waals surface area contributed by atoms with Crippen LogP contribution in [0, 0.1) is 5.82 Å². The van der Waals surface area contributed by atoms with E-state index in [-0.39, 0.29) is 5.82 Å². The number of nitrogens with zero attached hydrogens (tertiary/aromatic N) is 2. The zero-order chi connectivity index (χ0) is 21.1. The van der Waals surface area contributed by atoms with Crippen LogP contribution in [0.2, 0.25) is 10.0 Å². The molecule has 150 valence electrons. The van der Waals surface area contributed by atoms with Gasteiger partial charge in [-0.1, -0.05) is 23.2 Å². The number of nitrogens with one attached hydrogen (secondary N) is 3. The van der Waals surface area contributed by atoms with Crippen molar-refractivity contribution in [3.8, 4) is 0 Å². The molecule has 4 aromatic rings. The molecule has 0 atom stereocenters. The lowest BCUT2D eigenvalue weighted by Gasteiger charge is -2.11. The van der Waals surface area contributed by atoms with E-state index in [9.17, 15) is 9.18 Å². The number of urea groups is 1. The van der Waals surface area contributed by atoms with Gasteiger partial charge in [-0.15, -0.1) is 0 Å². The number of benzene rings is 3. The molecule has 0 unspecified atom stereocenters. The van der Waals surface area contributed by atoms with Crippen molar-refractivity contribution in [2.24, 2.45) is 0 Å². The third-order valence-electron chi connectivity index (χ3n) is 4.18. The molecule has 0 bridgehead atoms. The van der Waals surface area contributed by atoms with E-state index in [0.717, 1.165) is 0 Å². The summed E-state index contributed by atoms with van der Waals surface area (Å²) in [4.78, 5) is 20.8. The fraction of sp³-hybridized carbons (Fsp3) is 0. The Bertz CT molecular complexity index is 1230. The predicted octanol–water partition coefficient (Wildman–Crippen LogP) is 6.46. The van der Waals surface area contributed by atoms with Crippen molar-refractivity contribution in [2.75, 3.05) is 16.0 Å². The first-order chi connectivity index (χ1) is 14.5. The molecule has 0 aliphatic heterocycles. The Kier molecular flexibility index (Phi) is 5.65. The lowest BCUT2D eigenvalue weighted by Crippen LogP contribution is -2.19. The standard InChI is InChI=1S/C21H14Cl2FN5O/c22-17-7-5-15(10-18(17)23)29-21(30)28-14-6-8-19-16(9-14)20(26-11-25-19)27-13-3-1-12(24)2-4-13/h1-11H,(H,25,26,27)(H2,28,29,30). The van der Waals surface area contributed by atoms with E-state index in [4.69, 9.17) is 23.2 Å². The maximum atomic E-state index is 13.1. The Morgan fingerprint density at radius 3 is 2.20 bits per heavy atom. The Morgan fingerprint density at radius 1 is 0.800 bits per heavy atom. The quantitative estimate of drug-likeness (QED) is 0.339. The lowest BCUT2D eigenvalue weighted by atomic mass is 10.2. The topological polar surface area (TPSA) is 78.9 Å². The summed E-state index contributed by atoms with van der Waals surface area (Å²) in [6.07, 6.45) is 1.43. The van der Waals surface area contributed by atoms with Crippen LogP contribution >= 0.6 is 23.2 Å². The van der Waals surface area contributed by atoms with E-state index >= 15 is 0 Å². The van der Waals surface area contributed by atoms with Gasteiger partial charge in [0.25, 0.3) is 0 Å². The van der Waals surface area contributed by atoms with E-state index in [1.807, 2.05) is 0 Å². The molecule has 0 spiro atoms. The first-order valence-corrected chi connectivity index (χ1v) is 9.54. The smallest absolute Gasteiger partial charge is 0.323 e. The van der Waals surface area contributed by atoms with Gasteiger partial charge >= 0.3 is 6.03 Å². The highest BCUT2D eigenvalue weighted by atomic mass is 35.5. The molecular formula is C21H14Cl2FN5O. The summed E-state index contributed by atoms with van der Waals surface area (Å²) < 4.78 is 13.1. The number of carbonyl (C=O) groups is 1. The molecule has 0 aliphatic rings. The number of fused-ring (bicyclic) bond motifs is 1. The van der Waals surface area contributed by atoms with Crippen molar-refractivity contribution < 1.29 is 9.18 Å². The Morgan fingerprint density at radius 2 is 1.47 bits per heavy atom. The lowest BCUT2D eigenvalue weighted by molar-refractivity contribution is 0.262. The number of rotatable bonds is 4. The summed E-state index contributed by atoms with van der Waals surface area (Å²) in [5.74, 6) is 0.202. The summed E-state index contributed by atoms with van der Waals surface area (Å²) >= 11 is 11.9. The van der Waals surface area contributed by atoms with Crippen molar-refractivity contribution in [1.82, 2.24) is 9.97 Å². The van der Waals surface area contributed by atoms with Crippen LogP contribution in [0.25, 0.3) is 10.9 Å². The average Bonchev–Trinajstić information content (AvgIpc) is 2.73. The normalized spacial score (nSPS) is 10.6. The third-order valence-corrected chi connectivity index (χ3v) is 4.92. The monoisotopic (exact) mass is 441 g/mol. The van der Waals surface area contributed by atoms with Crippen molar-refractivity contribution >= 4 is 63.0 Å².